The van der Waals surface area contributed by atoms with Crippen molar-refractivity contribution >= 4 is 23.2 Å². The number of piperidine rings is 1. The number of benzene rings is 1. The highest BCUT2D eigenvalue weighted by Crippen LogP contribution is 2.27. The second-order valence-electron chi connectivity index (χ2n) is 10.2. The lowest BCUT2D eigenvalue weighted by molar-refractivity contribution is -0.138. The minimum absolute atomic E-state index is 0.0308. The first-order chi connectivity index (χ1) is 17.8. The van der Waals surface area contributed by atoms with E-state index in [0.717, 1.165) is 56.3 Å². The Kier molecular flexibility index (Phi) is 8.44. The first-order valence-corrected chi connectivity index (χ1v) is 13.3. The molecular formula is C30H37N3O4. The van der Waals surface area contributed by atoms with Crippen LogP contribution in [0.4, 0.5) is 0 Å². The number of unbranched alkanes of at least 4 members (excludes halogenated alkanes) is 1. The van der Waals surface area contributed by atoms with E-state index in [0.29, 0.717) is 22.7 Å². The van der Waals surface area contributed by atoms with E-state index in [4.69, 9.17) is 0 Å². The Morgan fingerprint density at radius 1 is 1.05 bits per heavy atom. The number of carbonyl (C=O) groups is 3. The third-order valence-electron chi connectivity index (χ3n) is 7.29. The second-order valence-corrected chi connectivity index (χ2v) is 10.2. The smallest absolute Gasteiger partial charge is 0.323 e. The van der Waals surface area contributed by atoms with Crippen LogP contribution < -0.4 is 5.32 Å². The van der Waals surface area contributed by atoms with E-state index in [-0.39, 0.29) is 24.3 Å². The molecule has 0 unspecified atom stereocenters. The Balaban J connectivity index is 1.67. The number of amides is 1. The summed E-state index contributed by atoms with van der Waals surface area (Å²) in [7, 11) is 0. The number of hydrogen-bond donors (Lipinski definition) is 2. The molecule has 1 saturated heterocycles. The van der Waals surface area contributed by atoms with Crippen LogP contribution in [0.1, 0.15) is 89.9 Å². The Morgan fingerprint density at radius 2 is 1.76 bits per heavy atom. The molecule has 1 aliphatic rings. The Labute approximate surface area is 218 Å². The first-order valence-electron chi connectivity index (χ1n) is 13.3. The number of rotatable bonds is 10. The third kappa shape index (κ3) is 5.93. The fourth-order valence-electron chi connectivity index (χ4n) is 5.18. The van der Waals surface area contributed by atoms with Gasteiger partial charge in [0.1, 0.15) is 6.54 Å². The summed E-state index contributed by atoms with van der Waals surface area (Å²) in [5, 5.41) is 12.6. The fraction of sp³-hybridized carbons (Fsp3) is 0.433. The molecule has 0 aliphatic carbocycles. The van der Waals surface area contributed by atoms with Crippen molar-refractivity contribution in [2.24, 2.45) is 0 Å². The van der Waals surface area contributed by atoms with Crippen LogP contribution in [-0.2, 0) is 11.2 Å². The molecule has 0 bridgehead atoms. The van der Waals surface area contributed by atoms with Crippen molar-refractivity contribution in [3.8, 4) is 0 Å². The summed E-state index contributed by atoms with van der Waals surface area (Å²) in [6, 6.07) is 13.2. The molecule has 0 saturated carbocycles. The van der Waals surface area contributed by atoms with Gasteiger partial charge in [0.15, 0.2) is 0 Å². The van der Waals surface area contributed by atoms with Crippen LogP contribution in [0.3, 0.4) is 0 Å². The molecule has 2 aromatic heterocycles. The molecule has 7 heteroatoms. The normalized spacial score (nSPS) is 14.3. The van der Waals surface area contributed by atoms with Crippen molar-refractivity contribution in [3.63, 3.8) is 0 Å². The summed E-state index contributed by atoms with van der Waals surface area (Å²) in [4.78, 5) is 39.5. The summed E-state index contributed by atoms with van der Waals surface area (Å²) in [6.45, 7) is 7.41. The maximum atomic E-state index is 13.8. The lowest BCUT2D eigenvalue weighted by Gasteiger charge is -2.25. The number of nitrogens with zero attached hydrogens (tertiary/aromatic N) is 2. The number of hydrogen-bond acceptors (Lipinski definition) is 4. The van der Waals surface area contributed by atoms with Gasteiger partial charge in [-0.15, -0.1) is 0 Å². The Morgan fingerprint density at radius 3 is 2.38 bits per heavy atom. The third-order valence-corrected chi connectivity index (χ3v) is 7.29. The summed E-state index contributed by atoms with van der Waals surface area (Å²) < 4.78 is 1.86. The second kappa shape index (κ2) is 11.7. The van der Waals surface area contributed by atoms with Crippen LogP contribution in [-0.4, -0.2) is 57.7 Å². The molecule has 37 heavy (non-hydrogen) atoms. The van der Waals surface area contributed by atoms with Crippen LogP contribution in [0.2, 0.25) is 0 Å². The standard InChI is InChI=1S/C30H37N3O4/c1-4-5-6-24-17-26-18-25(30(37)33(20(2)3)19-27(34)35)13-16-32(26)28(24)29(36)23-9-7-21(8-10-23)22-11-14-31-15-12-22/h7-10,13,16-18,20,22,31H,4-6,11-12,14-15,19H2,1-3H3,(H,34,35). The van der Waals surface area contributed by atoms with Crippen molar-refractivity contribution in [1.29, 1.82) is 0 Å². The summed E-state index contributed by atoms with van der Waals surface area (Å²) in [6.07, 6.45) is 6.71. The van der Waals surface area contributed by atoms with Gasteiger partial charge in [0.25, 0.3) is 5.91 Å². The van der Waals surface area contributed by atoms with Crippen LogP contribution >= 0.6 is 0 Å². The molecule has 2 N–H and O–H groups in total. The number of pyridine rings is 1. The molecule has 3 aromatic rings. The molecule has 0 radical (unpaired) electrons. The van der Waals surface area contributed by atoms with E-state index in [1.807, 2.05) is 22.6 Å². The van der Waals surface area contributed by atoms with Crippen molar-refractivity contribution in [3.05, 3.63) is 76.6 Å². The molecule has 1 amide bonds. The van der Waals surface area contributed by atoms with E-state index in [9.17, 15) is 19.5 Å². The predicted octanol–water partition coefficient (Wildman–Crippen LogP) is 4.92. The van der Waals surface area contributed by atoms with Gasteiger partial charge in [0, 0.05) is 28.9 Å². The first kappa shape index (κ1) is 26.6. The number of fused-ring (bicyclic) bond motifs is 1. The Bertz CT molecular complexity index is 1270. The topological polar surface area (TPSA) is 91.1 Å². The van der Waals surface area contributed by atoms with E-state index in [2.05, 4.69) is 24.4 Å². The molecule has 0 spiro atoms. The highest BCUT2D eigenvalue weighted by molar-refractivity contribution is 6.10. The van der Waals surface area contributed by atoms with Gasteiger partial charge in [-0.25, -0.2) is 0 Å². The molecule has 3 heterocycles. The summed E-state index contributed by atoms with van der Waals surface area (Å²) in [5.41, 5.74) is 4.69. The molecule has 1 aliphatic heterocycles. The number of carboxylic acids is 1. The van der Waals surface area contributed by atoms with Crippen LogP contribution in [0.5, 0.6) is 0 Å². The molecule has 7 nitrogen and oxygen atoms in total. The fourth-order valence-corrected chi connectivity index (χ4v) is 5.18. The summed E-state index contributed by atoms with van der Waals surface area (Å²) >= 11 is 0. The highest BCUT2D eigenvalue weighted by atomic mass is 16.4. The molecular weight excluding hydrogens is 466 g/mol. The van der Waals surface area contributed by atoms with Gasteiger partial charge < -0.3 is 19.7 Å². The van der Waals surface area contributed by atoms with E-state index in [1.165, 1.54) is 10.5 Å². The van der Waals surface area contributed by atoms with Crippen molar-refractivity contribution in [1.82, 2.24) is 14.6 Å². The average Bonchev–Trinajstić information content (AvgIpc) is 3.27. The Hall–Kier alpha value is -3.45. The van der Waals surface area contributed by atoms with Gasteiger partial charge in [0.2, 0.25) is 5.78 Å². The monoisotopic (exact) mass is 503 g/mol. The number of ketones is 1. The van der Waals surface area contributed by atoms with E-state index >= 15 is 0 Å². The average molecular weight is 504 g/mol. The number of carbonyl (C=O) groups excluding carboxylic acids is 2. The van der Waals surface area contributed by atoms with Gasteiger partial charge in [-0.3, -0.25) is 14.4 Å². The zero-order valence-electron chi connectivity index (χ0n) is 22.0. The van der Waals surface area contributed by atoms with E-state index in [1.54, 1.807) is 32.2 Å². The number of nitrogens with one attached hydrogen (secondary N) is 1. The lowest BCUT2D eigenvalue weighted by Crippen LogP contribution is -2.40. The zero-order valence-corrected chi connectivity index (χ0v) is 22.0. The minimum atomic E-state index is -1.05. The summed E-state index contributed by atoms with van der Waals surface area (Å²) in [5.74, 6) is -0.886. The van der Waals surface area contributed by atoms with Crippen molar-refractivity contribution in [2.45, 2.75) is 64.8 Å². The van der Waals surface area contributed by atoms with Crippen molar-refractivity contribution < 1.29 is 19.5 Å². The largest absolute Gasteiger partial charge is 0.480 e. The molecule has 196 valence electrons. The maximum Gasteiger partial charge on any atom is 0.323 e. The molecule has 4 rings (SSSR count). The van der Waals surface area contributed by atoms with E-state index < -0.39 is 5.97 Å². The van der Waals surface area contributed by atoms with Gasteiger partial charge >= 0.3 is 5.97 Å². The maximum absolute atomic E-state index is 13.8. The van der Waals surface area contributed by atoms with Crippen LogP contribution in [0.25, 0.3) is 5.52 Å². The molecule has 1 aromatic carbocycles. The zero-order chi connectivity index (χ0) is 26.5. The number of aromatic nitrogens is 1. The predicted molar refractivity (Wildman–Crippen MR) is 145 cm³/mol. The van der Waals surface area contributed by atoms with Gasteiger partial charge in [0.05, 0.1) is 5.69 Å². The molecule has 1 fully saturated rings. The van der Waals surface area contributed by atoms with Crippen LogP contribution in [0.15, 0.2) is 48.7 Å². The molecule has 0 atom stereocenters. The van der Waals surface area contributed by atoms with Crippen molar-refractivity contribution in [2.75, 3.05) is 19.6 Å². The SMILES string of the molecule is CCCCc1cc2cc(C(=O)N(CC(=O)O)C(C)C)ccn2c1C(=O)c1ccc(C2CCNCC2)cc1. The number of carboxylic acid groups (broad SMARTS) is 1. The van der Waals surface area contributed by atoms with Gasteiger partial charge in [-0.05, 0) is 87.9 Å². The van der Waals surface area contributed by atoms with Gasteiger partial charge in [-0.1, -0.05) is 37.6 Å². The lowest BCUT2D eigenvalue weighted by atomic mass is 9.89. The van der Waals surface area contributed by atoms with Crippen LogP contribution in [0, 0.1) is 0 Å². The van der Waals surface area contributed by atoms with Gasteiger partial charge in [-0.2, -0.15) is 0 Å². The minimum Gasteiger partial charge on any atom is -0.480 e. The number of aliphatic carboxylic acids is 1. The highest BCUT2D eigenvalue weighted by Gasteiger charge is 2.24. The quantitative estimate of drug-likeness (QED) is 0.384. The number of aryl methyl sites for hydroxylation is 1.